The molecule has 1 fully saturated rings. The molecule has 5 nitrogen and oxygen atoms in total. The molecule has 1 aromatic heterocycles. The zero-order chi connectivity index (χ0) is 17.2. The van der Waals surface area contributed by atoms with E-state index < -0.39 is 27.1 Å². The Hall–Kier alpha value is -1.70. The minimum absolute atomic E-state index is 0.0805. The number of aliphatic hydroxyl groups is 1. The first-order valence-corrected chi connectivity index (χ1v) is 10.4. The zero-order valence-corrected chi connectivity index (χ0v) is 14.7. The normalized spacial score (nSPS) is 21.9. The molecular formula is C17H19NO4S2. The van der Waals surface area contributed by atoms with E-state index in [2.05, 4.69) is 0 Å². The van der Waals surface area contributed by atoms with Crippen LogP contribution in [-0.2, 0) is 14.6 Å². The summed E-state index contributed by atoms with van der Waals surface area (Å²) in [5, 5.41) is 11.6. The molecule has 7 heteroatoms. The molecule has 1 aliphatic heterocycles. The molecule has 2 aromatic rings. The van der Waals surface area contributed by atoms with Gasteiger partial charge in [0.2, 0.25) is 0 Å². The number of sulfone groups is 1. The molecule has 0 spiro atoms. The molecule has 1 saturated heterocycles. The number of nitrogens with zero attached hydrogens (tertiary/aromatic N) is 1. The maximum absolute atomic E-state index is 12.5. The van der Waals surface area contributed by atoms with E-state index >= 15 is 0 Å². The summed E-state index contributed by atoms with van der Waals surface area (Å²) in [5.41, 5.74) is 0.518. The Bertz CT molecular complexity index is 787. The van der Waals surface area contributed by atoms with Gasteiger partial charge < -0.3 is 10.0 Å². The summed E-state index contributed by atoms with van der Waals surface area (Å²) in [6.45, 7) is 0.442. The first-order chi connectivity index (χ1) is 11.5. The molecule has 2 atom stereocenters. The van der Waals surface area contributed by atoms with Crippen molar-refractivity contribution in [2.75, 3.05) is 18.8 Å². The summed E-state index contributed by atoms with van der Waals surface area (Å²) in [6, 6.07) is 12.4. The van der Waals surface area contributed by atoms with Crippen LogP contribution in [0, 0.1) is 0 Å². The fourth-order valence-electron chi connectivity index (χ4n) is 2.91. The zero-order valence-electron chi connectivity index (χ0n) is 13.0. The van der Waals surface area contributed by atoms with E-state index in [1.54, 1.807) is 24.3 Å². The van der Waals surface area contributed by atoms with Gasteiger partial charge in [-0.25, -0.2) is 8.42 Å². The Labute approximate surface area is 145 Å². The molecule has 1 N–H and O–H groups in total. The number of aliphatic hydroxyl groups excluding tert-OH is 1. The van der Waals surface area contributed by atoms with E-state index in [1.165, 1.54) is 16.2 Å². The third-order valence-electron chi connectivity index (χ3n) is 4.26. The van der Waals surface area contributed by atoms with Crippen LogP contribution in [0.2, 0.25) is 0 Å². The predicted octanol–water partition coefficient (Wildman–Crippen LogP) is 2.17. The van der Waals surface area contributed by atoms with Crippen molar-refractivity contribution in [2.24, 2.45) is 0 Å². The van der Waals surface area contributed by atoms with Gasteiger partial charge in [-0.2, -0.15) is 0 Å². The van der Waals surface area contributed by atoms with Gasteiger partial charge in [0.1, 0.15) is 0 Å². The maximum Gasteiger partial charge on any atom is 0.256 e. The van der Waals surface area contributed by atoms with Crippen molar-refractivity contribution in [1.82, 2.24) is 4.90 Å². The number of rotatable bonds is 3. The minimum Gasteiger partial charge on any atom is -0.378 e. The first-order valence-electron chi connectivity index (χ1n) is 7.76. The molecule has 24 heavy (non-hydrogen) atoms. The van der Waals surface area contributed by atoms with Crippen LogP contribution in [0.15, 0.2) is 47.8 Å². The number of carbonyl (C=O) groups is 1. The van der Waals surface area contributed by atoms with Gasteiger partial charge in [-0.05, 0) is 23.4 Å². The van der Waals surface area contributed by atoms with Crippen molar-refractivity contribution in [2.45, 2.75) is 17.8 Å². The van der Waals surface area contributed by atoms with Gasteiger partial charge >= 0.3 is 0 Å². The van der Waals surface area contributed by atoms with Crippen molar-refractivity contribution in [3.63, 3.8) is 0 Å². The van der Waals surface area contributed by atoms with Crippen molar-refractivity contribution < 1.29 is 18.3 Å². The van der Waals surface area contributed by atoms with Crippen LogP contribution < -0.4 is 0 Å². The van der Waals surface area contributed by atoms with Gasteiger partial charge in [-0.1, -0.05) is 36.4 Å². The molecule has 1 aliphatic rings. The highest BCUT2D eigenvalue weighted by atomic mass is 32.2. The van der Waals surface area contributed by atoms with Gasteiger partial charge in [0, 0.05) is 18.0 Å². The largest absolute Gasteiger partial charge is 0.378 e. The van der Waals surface area contributed by atoms with Crippen LogP contribution in [0.25, 0.3) is 0 Å². The van der Waals surface area contributed by atoms with E-state index in [0.717, 1.165) is 4.88 Å². The molecule has 0 bridgehead atoms. The van der Waals surface area contributed by atoms with Crippen LogP contribution in [0.3, 0.4) is 0 Å². The molecule has 3 rings (SSSR count). The van der Waals surface area contributed by atoms with Crippen molar-refractivity contribution in [3.8, 4) is 0 Å². The summed E-state index contributed by atoms with van der Waals surface area (Å²) in [4.78, 5) is 14.8. The quantitative estimate of drug-likeness (QED) is 0.905. The number of carbonyl (C=O) groups excluding carboxylic acids is 1. The summed E-state index contributed by atoms with van der Waals surface area (Å²) >= 11 is 1.42. The average Bonchev–Trinajstić information content (AvgIpc) is 3.06. The third-order valence-corrected chi connectivity index (χ3v) is 7.51. The molecule has 0 saturated carbocycles. The predicted molar refractivity (Wildman–Crippen MR) is 93.4 cm³/mol. The van der Waals surface area contributed by atoms with Gasteiger partial charge in [-0.15, -0.1) is 11.3 Å². The molecule has 128 valence electrons. The highest BCUT2D eigenvalue weighted by Crippen LogP contribution is 2.32. The summed E-state index contributed by atoms with van der Waals surface area (Å²) in [7, 11) is -3.30. The second-order valence-corrected chi connectivity index (χ2v) is 9.08. The number of hydrogen-bond donors (Lipinski definition) is 1. The average molecular weight is 365 g/mol. The number of benzene rings is 1. The molecule has 2 heterocycles. The van der Waals surface area contributed by atoms with E-state index in [1.807, 2.05) is 23.6 Å². The van der Waals surface area contributed by atoms with Gasteiger partial charge in [0.25, 0.3) is 5.91 Å². The number of thiophene rings is 1. The fraction of sp³-hybridized carbons (Fsp3) is 0.353. The van der Waals surface area contributed by atoms with Crippen LogP contribution in [0.4, 0.5) is 0 Å². The molecule has 1 aromatic carbocycles. The lowest BCUT2D eigenvalue weighted by Crippen LogP contribution is -2.37. The number of amides is 1. The Balaban J connectivity index is 1.76. The molecule has 1 amide bonds. The van der Waals surface area contributed by atoms with E-state index in [4.69, 9.17) is 0 Å². The number of hydrogen-bond acceptors (Lipinski definition) is 5. The van der Waals surface area contributed by atoms with Crippen molar-refractivity contribution >= 4 is 27.1 Å². The molecule has 0 aliphatic carbocycles. The highest BCUT2D eigenvalue weighted by Gasteiger charge is 2.34. The van der Waals surface area contributed by atoms with Crippen molar-refractivity contribution in [3.05, 3.63) is 58.3 Å². The monoisotopic (exact) mass is 365 g/mol. The van der Waals surface area contributed by atoms with Crippen LogP contribution in [0.1, 0.15) is 28.2 Å². The van der Waals surface area contributed by atoms with Crippen LogP contribution >= 0.6 is 11.3 Å². The van der Waals surface area contributed by atoms with Gasteiger partial charge in [0.15, 0.2) is 15.9 Å². The Morgan fingerprint density at radius 1 is 1.17 bits per heavy atom. The lowest BCUT2D eigenvalue weighted by Gasteiger charge is -2.23. The lowest BCUT2D eigenvalue weighted by atomic mass is 10.1. The van der Waals surface area contributed by atoms with Gasteiger partial charge in [0.05, 0.1) is 11.0 Å². The third kappa shape index (κ3) is 3.53. The summed E-state index contributed by atoms with van der Waals surface area (Å²) < 4.78 is 25.0. The van der Waals surface area contributed by atoms with Crippen LogP contribution in [-0.4, -0.2) is 43.2 Å². The lowest BCUT2D eigenvalue weighted by molar-refractivity contribution is -0.140. The Morgan fingerprint density at radius 3 is 2.58 bits per heavy atom. The van der Waals surface area contributed by atoms with Gasteiger partial charge in [-0.3, -0.25) is 4.79 Å². The Kier molecular flexibility index (Phi) is 5.03. The molecule has 0 radical (unpaired) electrons. The highest BCUT2D eigenvalue weighted by molar-refractivity contribution is 7.91. The second-order valence-electron chi connectivity index (χ2n) is 5.80. The smallest absolute Gasteiger partial charge is 0.256 e. The maximum atomic E-state index is 12.5. The SMILES string of the molecule is O=C(C(O)c1ccccc1)N1CCC(c2cccs2)S(=O)(=O)CC1. The van der Waals surface area contributed by atoms with E-state index in [9.17, 15) is 18.3 Å². The van der Waals surface area contributed by atoms with Crippen LogP contribution in [0.5, 0.6) is 0 Å². The molecule has 2 unspecified atom stereocenters. The minimum atomic E-state index is -3.30. The van der Waals surface area contributed by atoms with E-state index in [-0.39, 0.29) is 12.3 Å². The Morgan fingerprint density at radius 2 is 1.92 bits per heavy atom. The summed E-state index contributed by atoms with van der Waals surface area (Å²) in [5.74, 6) is -0.522. The molecular weight excluding hydrogens is 346 g/mol. The summed E-state index contributed by atoms with van der Waals surface area (Å²) in [6.07, 6.45) is -0.900. The van der Waals surface area contributed by atoms with Crippen molar-refractivity contribution in [1.29, 1.82) is 0 Å². The van der Waals surface area contributed by atoms with E-state index in [0.29, 0.717) is 18.5 Å². The fourth-order valence-corrected chi connectivity index (χ4v) is 5.91. The second kappa shape index (κ2) is 7.04. The topological polar surface area (TPSA) is 74.7 Å². The standard InChI is InChI=1S/C17H19NO4S2/c19-16(13-5-2-1-3-6-13)17(20)18-9-8-15(14-7-4-11-23-14)24(21,22)12-10-18/h1-7,11,15-16,19H,8-10,12H2. The first kappa shape index (κ1) is 17.1.